The number of hydrogen-bond donors (Lipinski definition) is 0. The summed E-state index contributed by atoms with van der Waals surface area (Å²) in [6.45, 7) is 9.09. The topological polar surface area (TPSA) is 73.8 Å². The Hall–Kier alpha value is -2.52. The van der Waals surface area contributed by atoms with Crippen LogP contribution in [-0.2, 0) is 17.8 Å². The molecule has 0 radical (unpaired) electrons. The number of nitrogens with zero attached hydrogens (tertiary/aromatic N) is 8. The van der Waals surface area contributed by atoms with Crippen molar-refractivity contribution >= 4 is 17.6 Å². The van der Waals surface area contributed by atoms with E-state index in [0.29, 0.717) is 6.61 Å². The Morgan fingerprint density at radius 2 is 1.59 bits per heavy atom. The maximum Gasteiger partial charge on any atom is 0.227 e. The van der Waals surface area contributed by atoms with E-state index in [2.05, 4.69) is 47.9 Å². The number of likely N-dealkylation sites (N-methyl/N-ethyl adjacent to an activating group) is 1. The smallest absolute Gasteiger partial charge is 0.227 e. The number of rotatable bonds is 3. The molecule has 0 aliphatic carbocycles. The summed E-state index contributed by atoms with van der Waals surface area (Å²) in [4.78, 5) is 18.7. The van der Waals surface area contributed by atoms with Crippen molar-refractivity contribution in [2.45, 2.75) is 13.0 Å². The van der Waals surface area contributed by atoms with Gasteiger partial charge in [0.25, 0.3) is 0 Å². The van der Waals surface area contributed by atoms with Crippen molar-refractivity contribution in [1.29, 1.82) is 0 Å². The molecule has 2 saturated heterocycles. The van der Waals surface area contributed by atoms with Crippen molar-refractivity contribution < 1.29 is 4.74 Å². The summed E-state index contributed by atoms with van der Waals surface area (Å²) in [6.07, 6.45) is 2.74. The lowest BCUT2D eigenvalue weighted by molar-refractivity contribution is 0.109. The number of ether oxygens (including phenoxy) is 1. The van der Waals surface area contributed by atoms with E-state index < -0.39 is 0 Å². The Balaban J connectivity index is 1.23. The van der Waals surface area contributed by atoms with E-state index in [1.54, 1.807) is 0 Å². The highest BCUT2D eigenvalue weighted by molar-refractivity contribution is 5.47. The van der Waals surface area contributed by atoms with Crippen molar-refractivity contribution in [2.75, 3.05) is 80.7 Å². The highest BCUT2D eigenvalue weighted by Gasteiger charge is 2.23. The number of hydrogen-bond acceptors (Lipinski definition) is 9. The Labute approximate surface area is 171 Å². The van der Waals surface area contributed by atoms with Gasteiger partial charge in [0.05, 0.1) is 18.9 Å². The van der Waals surface area contributed by atoms with Gasteiger partial charge in [-0.25, -0.2) is 4.98 Å². The molecule has 0 atom stereocenters. The fourth-order valence-corrected chi connectivity index (χ4v) is 4.12. The van der Waals surface area contributed by atoms with Gasteiger partial charge in [0, 0.05) is 70.5 Å². The van der Waals surface area contributed by atoms with Gasteiger partial charge in [0.15, 0.2) is 5.82 Å². The third-order valence-electron chi connectivity index (χ3n) is 6.03. The first-order valence-corrected chi connectivity index (χ1v) is 10.5. The molecule has 2 fully saturated rings. The van der Waals surface area contributed by atoms with Crippen LogP contribution in [0.5, 0.6) is 0 Å². The largest absolute Gasteiger partial charge is 0.376 e. The Kier molecular flexibility index (Phi) is 5.15. The van der Waals surface area contributed by atoms with Crippen LogP contribution < -0.4 is 14.7 Å². The van der Waals surface area contributed by atoms with Crippen LogP contribution in [-0.4, -0.2) is 91.1 Å². The minimum Gasteiger partial charge on any atom is -0.376 e. The third-order valence-corrected chi connectivity index (χ3v) is 6.03. The van der Waals surface area contributed by atoms with E-state index >= 15 is 0 Å². The molecule has 0 amide bonds. The fourth-order valence-electron chi connectivity index (χ4n) is 4.12. The Morgan fingerprint density at radius 3 is 2.41 bits per heavy atom. The van der Waals surface area contributed by atoms with Crippen LogP contribution in [0, 0.1) is 0 Å². The third kappa shape index (κ3) is 3.97. The van der Waals surface area contributed by atoms with E-state index in [4.69, 9.17) is 9.72 Å². The van der Waals surface area contributed by atoms with Crippen molar-refractivity contribution in [3.63, 3.8) is 0 Å². The van der Waals surface area contributed by atoms with Gasteiger partial charge >= 0.3 is 0 Å². The van der Waals surface area contributed by atoms with Gasteiger partial charge in [-0.05, 0) is 19.2 Å². The van der Waals surface area contributed by atoms with E-state index in [9.17, 15) is 0 Å². The zero-order valence-electron chi connectivity index (χ0n) is 17.0. The maximum atomic E-state index is 5.56. The second kappa shape index (κ2) is 8.08. The predicted octanol–water partition coefficient (Wildman–Crippen LogP) is 0.418. The molecule has 2 aromatic rings. The van der Waals surface area contributed by atoms with Gasteiger partial charge in [0.1, 0.15) is 5.82 Å². The molecule has 3 aliphatic heterocycles. The van der Waals surface area contributed by atoms with Gasteiger partial charge in [-0.3, -0.25) is 0 Å². The molecule has 0 aromatic carbocycles. The summed E-state index contributed by atoms with van der Waals surface area (Å²) in [5.41, 5.74) is 2.25. The van der Waals surface area contributed by atoms with Crippen LogP contribution in [0.2, 0.25) is 0 Å². The van der Waals surface area contributed by atoms with Crippen molar-refractivity contribution in [2.24, 2.45) is 0 Å². The highest BCUT2D eigenvalue weighted by atomic mass is 16.5. The van der Waals surface area contributed by atoms with Gasteiger partial charge in [-0.1, -0.05) is 0 Å². The van der Waals surface area contributed by atoms with E-state index in [0.717, 1.165) is 88.7 Å². The Bertz CT molecular complexity index is 846. The summed E-state index contributed by atoms with van der Waals surface area (Å²) in [5, 5.41) is 8.88. The molecule has 3 aliphatic rings. The molecule has 0 saturated carbocycles. The number of anilines is 3. The van der Waals surface area contributed by atoms with Crippen molar-refractivity contribution in [3.8, 4) is 0 Å². The van der Waals surface area contributed by atoms with Crippen LogP contribution in [0.15, 0.2) is 18.3 Å². The zero-order valence-corrected chi connectivity index (χ0v) is 17.0. The second-order valence-electron chi connectivity index (χ2n) is 7.96. The minimum absolute atomic E-state index is 0.644. The first-order chi connectivity index (χ1) is 14.3. The summed E-state index contributed by atoms with van der Waals surface area (Å²) >= 11 is 0. The number of piperazine rings is 2. The van der Waals surface area contributed by atoms with Crippen molar-refractivity contribution in [3.05, 3.63) is 29.6 Å². The van der Waals surface area contributed by atoms with Crippen LogP contribution in [0.3, 0.4) is 0 Å². The van der Waals surface area contributed by atoms with Crippen LogP contribution in [0.1, 0.15) is 11.3 Å². The van der Waals surface area contributed by atoms with Gasteiger partial charge in [0.2, 0.25) is 5.95 Å². The predicted molar refractivity (Wildman–Crippen MR) is 112 cm³/mol. The summed E-state index contributed by atoms with van der Waals surface area (Å²) in [7, 11) is 2.17. The first kappa shape index (κ1) is 18.5. The monoisotopic (exact) mass is 396 g/mol. The quantitative estimate of drug-likeness (QED) is 0.734. The summed E-state index contributed by atoms with van der Waals surface area (Å²) < 4.78 is 5.56. The van der Waals surface area contributed by atoms with Crippen LogP contribution >= 0.6 is 0 Å². The zero-order chi connectivity index (χ0) is 19.6. The first-order valence-electron chi connectivity index (χ1n) is 10.5. The summed E-state index contributed by atoms with van der Waals surface area (Å²) in [6, 6.07) is 4.16. The lowest BCUT2D eigenvalue weighted by Gasteiger charge is -2.36. The van der Waals surface area contributed by atoms with E-state index in [1.807, 2.05) is 12.3 Å². The molecule has 154 valence electrons. The lowest BCUT2D eigenvalue weighted by atomic mass is 10.1. The molecule has 0 unspecified atom stereocenters. The SMILES string of the molecule is CN1CCN(c2ccnc(N3CCN(c4cc5c(nn4)CCOC5)CC3)n2)CC1. The number of aromatic nitrogens is 4. The highest BCUT2D eigenvalue weighted by Crippen LogP contribution is 2.22. The molecular weight excluding hydrogens is 368 g/mol. The van der Waals surface area contributed by atoms with E-state index in [1.165, 1.54) is 5.56 Å². The molecule has 9 heteroatoms. The standard InChI is InChI=1S/C20H28N8O/c1-25-5-7-26(8-6-25)18-2-4-21-20(22-18)28-11-9-27(10-12-28)19-14-16-15-29-13-3-17(16)23-24-19/h2,4,14H,3,5-13,15H2,1H3. The second-order valence-corrected chi connectivity index (χ2v) is 7.96. The fraction of sp³-hybridized carbons (Fsp3) is 0.600. The molecule has 0 bridgehead atoms. The molecule has 2 aromatic heterocycles. The normalized spacial score (nSPS) is 20.7. The van der Waals surface area contributed by atoms with Crippen molar-refractivity contribution in [1.82, 2.24) is 25.1 Å². The number of fused-ring (bicyclic) bond motifs is 1. The average molecular weight is 396 g/mol. The van der Waals surface area contributed by atoms with Crippen LogP contribution in [0.25, 0.3) is 0 Å². The average Bonchev–Trinajstić information content (AvgIpc) is 2.79. The molecule has 9 nitrogen and oxygen atoms in total. The van der Waals surface area contributed by atoms with Gasteiger partial charge in [-0.15, -0.1) is 5.10 Å². The molecular formula is C20H28N8O. The molecule has 0 N–H and O–H groups in total. The minimum atomic E-state index is 0.644. The maximum absolute atomic E-state index is 5.56. The molecule has 5 rings (SSSR count). The lowest BCUT2D eigenvalue weighted by Crippen LogP contribution is -2.48. The van der Waals surface area contributed by atoms with Gasteiger partial charge < -0.3 is 24.3 Å². The Morgan fingerprint density at radius 1 is 0.862 bits per heavy atom. The molecule has 5 heterocycles. The molecule has 29 heavy (non-hydrogen) atoms. The molecule has 0 spiro atoms. The van der Waals surface area contributed by atoms with Crippen LogP contribution in [0.4, 0.5) is 17.6 Å². The van der Waals surface area contributed by atoms with Gasteiger partial charge in [-0.2, -0.15) is 10.1 Å². The van der Waals surface area contributed by atoms with E-state index in [-0.39, 0.29) is 0 Å². The summed E-state index contributed by atoms with van der Waals surface area (Å²) in [5.74, 6) is 2.80.